The lowest BCUT2D eigenvalue weighted by molar-refractivity contribution is 0.0600. The minimum absolute atomic E-state index is 0.126. The van der Waals surface area contributed by atoms with Crippen LogP contribution in [-0.2, 0) is 18.4 Å². The number of tetrazole rings is 1. The standard InChI is InChI=1S/C19H20N4O5/c1-12-10-13(18(24)27-4)8-9-16(12)28-11-14-15(6-5-7-17(14)26-3)23-19(25)22(2)20-21-23/h5-10H,11H2,1-4H3. The minimum Gasteiger partial charge on any atom is -0.496 e. The van der Waals surface area contributed by atoms with Crippen molar-refractivity contribution >= 4 is 5.97 Å². The van der Waals surface area contributed by atoms with Crippen molar-refractivity contribution in [2.75, 3.05) is 14.2 Å². The predicted molar refractivity (Wildman–Crippen MR) is 100 cm³/mol. The minimum atomic E-state index is -0.413. The van der Waals surface area contributed by atoms with Crippen molar-refractivity contribution in [3.05, 3.63) is 63.6 Å². The zero-order valence-corrected chi connectivity index (χ0v) is 16.0. The molecule has 3 rings (SSSR count). The van der Waals surface area contributed by atoms with Crippen LogP contribution in [0.3, 0.4) is 0 Å². The molecule has 0 aliphatic carbocycles. The number of nitrogens with zero attached hydrogens (tertiary/aromatic N) is 4. The number of aromatic nitrogens is 4. The van der Waals surface area contributed by atoms with Crippen LogP contribution < -0.4 is 15.2 Å². The third-order valence-electron chi connectivity index (χ3n) is 4.25. The van der Waals surface area contributed by atoms with E-state index in [0.717, 1.165) is 10.2 Å². The summed E-state index contributed by atoms with van der Waals surface area (Å²) in [6.45, 7) is 1.96. The highest BCUT2D eigenvalue weighted by molar-refractivity contribution is 5.89. The van der Waals surface area contributed by atoms with Gasteiger partial charge in [0.2, 0.25) is 0 Å². The van der Waals surface area contributed by atoms with Crippen molar-refractivity contribution in [2.45, 2.75) is 13.5 Å². The number of hydrogen-bond donors (Lipinski definition) is 0. The zero-order valence-electron chi connectivity index (χ0n) is 16.0. The van der Waals surface area contributed by atoms with Gasteiger partial charge >= 0.3 is 11.7 Å². The largest absolute Gasteiger partial charge is 0.496 e. The summed E-state index contributed by atoms with van der Waals surface area (Å²) in [5.74, 6) is 0.735. The third-order valence-corrected chi connectivity index (χ3v) is 4.25. The Morgan fingerprint density at radius 2 is 1.89 bits per heavy atom. The van der Waals surface area contributed by atoms with Gasteiger partial charge < -0.3 is 14.2 Å². The summed E-state index contributed by atoms with van der Waals surface area (Å²) in [6, 6.07) is 10.3. The van der Waals surface area contributed by atoms with E-state index in [1.54, 1.807) is 43.5 Å². The zero-order chi connectivity index (χ0) is 20.3. The molecule has 0 aliphatic rings. The van der Waals surface area contributed by atoms with Crippen molar-refractivity contribution in [3.8, 4) is 17.2 Å². The van der Waals surface area contributed by atoms with Crippen LogP contribution in [-0.4, -0.2) is 40.0 Å². The van der Waals surface area contributed by atoms with Crippen molar-refractivity contribution < 1.29 is 19.0 Å². The molecule has 0 saturated carbocycles. The number of carbonyl (C=O) groups is 1. The van der Waals surface area contributed by atoms with Gasteiger partial charge in [0.05, 0.1) is 31.0 Å². The number of aryl methyl sites for hydroxylation is 2. The molecule has 3 aromatic rings. The second-order valence-corrected chi connectivity index (χ2v) is 6.02. The van der Waals surface area contributed by atoms with Gasteiger partial charge in [-0.1, -0.05) is 6.07 Å². The van der Waals surface area contributed by atoms with E-state index in [1.165, 1.54) is 18.8 Å². The molecule has 1 heterocycles. The Hall–Kier alpha value is -3.62. The molecule has 0 atom stereocenters. The van der Waals surface area contributed by atoms with Crippen LogP contribution in [0.1, 0.15) is 21.5 Å². The van der Waals surface area contributed by atoms with Gasteiger partial charge in [-0.25, -0.2) is 9.59 Å². The Kier molecular flexibility index (Phi) is 5.44. The Morgan fingerprint density at radius 1 is 1.11 bits per heavy atom. The monoisotopic (exact) mass is 384 g/mol. The first-order valence-corrected chi connectivity index (χ1v) is 8.43. The third kappa shape index (κ3) is 3.59. The first kappa shape index (κ1) is 19.2. The summed E-state index contributed by atoms with van der Waals surface area (Å²) >= 11 is 0. The van der Waals surface area contributed by atoms with Crippen molar-refractivity contribution in [1.82, 2.24) is 19.8 Å². The van der Waals surface area contributed by atoms with Gasteiger partial charge in [-0.2, -0.15) is 9.36 Å². The summed E-state index contributed by atoms with van der Waals surface area (Å²) in [6.07, 6.45) is 0. The molecule has 0 aliphatic heterocycles. The van der Waals surface area contributed by atoms with E-state index in [1.807, 2.05) is 6.92 Å². The highest BCUT2D eigenvalue weighted by Gasteiger charge is 2.16. The topological polar surface area (TPSA) is 97.5 Å². The van der Waals surface area contributed by atoms with E-state index in [-0.39, 0.29) is 12.3 Å². The highest BCUT2D eigenvalue weighted by Crippen LogP contribution is 2.27. The maximum absolute atomic E-state index is 12.3. The molecule has 9 heteroatoms. The Balaban J connectivity index is 1.94. The average molecular weight is 384 g/mol. The highest BCUT2D eigenvalue weighted by atomic mass is 16.5. The lowest BCUT2D eigenvalue weighted by Crippen LogP contribution is -2.23. The van der Waals surface area contributed by atoms with E-state index in [2.05, 4.69) is 10.4 Å². The average Bonchev–Trinajstić information content (AvgIpc) is 3.04. The fourth-order valence-electron chi connectivity index (χ4n) is 2.76. The maximum atomic E-state index is 12.3. The molecule has 0 radical (unpaired) electrons. The van der Waals surface area contributed by atoms with Gasteiger partial charge in [0.1, 0.15) is 18.1 Å². The molecule has 0 fully saturated rings. The second-order valence-electron chi connectivity index (χ2n) is 6.02. The van der Waals surface area contributed by atoms with E-state index in [9.17, 15) is 9.59 Å². The lowest BCUT2D eigenvalue weighted by atomic mass is 10.1. The Bertz CT molecular complexity index is 1070. The number of benzene rings is 2. The molecule has 0 spiro atoms. The van der Waals surface area contributed by atoms with Gasteiger partial charge in [-0.15, -0.1) is 0 Å². The molecule has 1 aromatic heterocycles. The van der Waals surface area contributed by atoms with Gasteiger partial charge in [0.25, 0.3) is 0 Å². The number of carbonyl (C=O) groups excluding carboxylic acids is 1. The van der Waals surface area contributed by atoms with E-state index in [4.69, 9.17) is 14.2 Å². The molecule has 9 nitrogen and oxygen atoms in total. The smallest absolute Gasteiger partial charge is 0.368 e. The van der Waals surface area contributed by atoms with Crippen LogP contribution in [0.2, 0.25) is 0 Å². The van der Waals surface area contributed by atoms with Gasteiger partial charge in [-0.05, 0) is 53.2 Å². The Morgan fingerprint density at radius 3 is 2.50 bits per heavy atom. The summed E-state index contributed by atoms with van der Waals surface area (Å²) in [4.78, 5) is 23.9. The normalized spacial score (nSPS) is 10.6. The summed E-state index contributed by atoms with van der Waals surface area (Å²) in [5.41, 5.74) is 1.99. The van der Waals surface area contributed by atoms with Crippen molar-refractivity contribution in [1.29, 1.82) is 0 Å². The number of ether oxygens (including phenoxy) is 3. The van der Waals surface area contributed by atoms with Crippen molar-refractivity contribution in [2.24, 2.45) is 7.05 Å². The number of hydrogen-bond acceptors (Lipinski definition) is 7. The molecule has 0 unspecified atom stereocenters. The molecule has 28 heavy (non-hydrogen) atoms. The number of rotatable bonds is 6. The fourth-order valence-corrected chi connectivity index (χ4v) is 2.76. The van der Waals surface area contributed by atoms with E-state index in [0.29, 0.717) is 28.3 Å². The van der Waals surface area contributed by atoms with Gasteiger partial charge in [0, 0.05) is 7.05 Å². The van der Waals surface area contributed by atoms with Crippen LogP contribution in [0.5, 0.6) is 11.5 Å². The molecular weight excluding hydrogens is 364 g/mol. The fraction of sp³-hybridized carbons (Fsp3) is 0.263. The van der Waals surface area contributed by atoms with Crippen LogP contribution in [0.4, 0.5) is 0 Å². The molecule has 0 bridgehead atoms. The summed E-state index contributed by atoms with van der Waals surface area (Å²) < 4.78 is 18.4. The summed E-state index contributed by atoms with van der Waals surface area (Å²) in [7, 11) is 4.40. The van der Waals surface area contributed by atoms with Gasteiger partial charge in [0.15, 0.2) is 0 Å². The molecule has 146 valence electrons. The molecule has 0 saturated heterocycles. The summed E-state index contributed by atoms with van der Waals surface area (Å²) in [5, 5.41) is 7.64. The first-order valence-electron chi connectivity index (χ1n) is 8.43. The Labute approximate surface area is 161 Å². The van der Waals surface area contributed by atoms with Crippen LogP contribution in [0, 0.1) is 6.92 Å². The van der Waals surface area contributed by atoms with Crippen LogP contribution in [0.15, 0.2) is 41.2 Å². The molecule has 2 aromatic carbocycles. The van der Waals surface area contributed by atoms with E-state index >= 15 is 0 Å². The maximum Gasteiger partial charge on any atom is 0.368 e. The molecule has 0 amide bonds. The van der Waals surface area contributed by atoms with Crippen LogP contribution >= 0.6 is 0 Å². The van der Waals surface area contributed by atoms with Crippen LogP contribution in [0.25, 0.3) is 5.69 Å². The molecular formula is C19H20N4O5. The second kappa shape index (κ2) is 7.95. The number of methoxy groups -OCH3 is 2. The quantitative estimate of drug-likeness (QED) is 0.596. The van der Waals surface area contributed by atoms with E-state index < -0.39 is 5.97 Å². The van der Waals surface area contributed by atoms with Gasteiger partial charge in [-0.3, -0.25) is 0 Å². The molecule has 0 N–H and O–H groups in total. The SMILES string of the molecule is COC(=O)c1ccc(OCc2c(OC)cccc2-n2nnn(C)c2=O)c(C)c1. The predicted octanol–water partition coefficient (Wildman–Crippen LogP) is 1.65. The number of esters is 1. The van der Waals surface area contributed by atoms with Crippen molar-refractivity contribution in [3.63, 3.8) is 0 Å². The lowest BCUT2D eigenvalue weighted by Gasteiger charge is -2.15. The first-order chi connectivity index (χ1) is 13.5.